The molecule has 0 aromatic heterocycles. The highest BCUT2D eigenvalue weighted by Crippen LogP contribution is 2.33. The van der Waals surface area contributed by atoms with Gasteiger partial charge in [0.25, 0.3) is 0 Å². The highest BCUT2D eigenvalue weighted by Gasteiger charge is 2.11. The van der Waals surface area contributed by atoms with Crippen molar-refractivity contribution in [2.75, 3.05) is 7.11 Å². The van der Waals surface area contributed by atoms with Gasteiger partial charge in [-0.25, -0.2) is 0 Å². The Morgan fingerprint density at radius 1 is 1.38 bits per heavy atom. The standard InChI is InChI=1S/C11H16O2/c1-5-9-10(13-4)6-7(2)8(3)11(9)12/h6,12H,5H2,1-4H3. The minimum atomic E-state index is 0.374. The molecule has 0 bridgehead atoms. The van der Waals surface area contributed by atoms with Crippen molar-refractivity contribution in [2.45, 2.75) is 27.2 Å². The van der Waals surface area contributed by atoms with Crippen LogP contribution in [-0.4, -0.2) is 12.2 Å². The van der Waals surface area contributed by atoms with Gasteiger partial charge in [-0.15, -0.1) is 0 Å². The average molecular weight is 180 g/mol. The largest absolute Gasteiger partial charge is 0.507 e. The zero-order chi connectivity index (χ0) is 10.0. The predicted octanol–water partition coefficient (Wildman–Crippen LogP) is 2.58. The van der Waals surface area contributed by atoms with Gasteiger partial charge in [-0.05, 0) is 37.5 Å². The van der Waals surface area contributed by atoms with Crippen molar-refractivity contribution in [3.8, 4) is 11.5 Å². The Hall–Kier alpha value is -1.18. The van der Waals surface area contributed by atoms with Gasteiger partial charge in [0, 0.05) is 5.56 Å². The van der Waals surface area contributed by atoms with Crippen LogP contribution in [0.4, 0.5) is 0 Å². The first-order valence-corrected chi connectivity index (χ1v) is 4.47. The maximum Gasteiger partial charge on any atom is 0.126 e. The topological polar surface area (TPSA) is 29.5 Å². The van der Waals surface area contributed by atoms with Crippen LogP contribution in [0.3, 0.4) is 0 Å². The molecule has 1 N–H and O–H groups in total. The van der Waals surface area contributed by atoms with E-state index in [1.54, 1.807) is 7.11 Å². The van der Waals surface area contributed by atoms with Crippen LogP contribution < -0.4 is 4.74 Å². The van der Waals surface area contributed by atoms with Crippen molar-refractivity contribution in [3.05, 3.63) is 22.8 Å². The second-order valence-electron chi connectivity index (χ2n) is 3.20. The lowest BCUT2D eigenvalue weighted by Crippen LogP contribution is -1.95. The van der Waals surface area contributed by atoms with Crippen molar-refractivity contribution in [1.82, 2.24) is 0 Å². The highest BCUT2D eigenvalue weighted by molar-refractivity contribution is 5.52. The molecule has 0 saturated heterocycles. The van der Waals surface area contributed by atoms with Crippen molar-refractivity contribution in [3.63, 3.8) is 0 Å². The molecule has 0 amide bonds. The fourth-order valence-corrected chi connectivity index (χ4v) is 1.45. The molecule has 2 heteroatoms. The number of phenols is 1. The monoisotopic (exact) mass is 180 g/mol. The van der Waals surface area contributed by atoms with E-state index in [0.717, 1.165) is 28.9 Å². The molecule has 0 aliphatic heterocycles. The van der Waals surface area contributed by atoms with Crippen LogP contribution in [0.1, 0.15) is 23.6 Å². The van der Waals surface area contributed by atoms with Gasteiger partial charge >= 0.3 is 0 Å². The zero-order valence-corrected chi connectivity index (χ0v) is 8.64. The fourth-order valence-electron chi connectivity index (χ4n) is 1.45. The summed E-state index contributed by atoms with van der Waals surface area (Å²) >= 11 is 0. The van der Waals surface area contributed by atoms with E-state index >= 15 is 0 Å². The third kappa shape index (κ3) is 1.62. The molecule has 0 heterocycles. The van der Waals surface area contributed by atoms with Crippen molar-refractivity contribution >= 4 is 0 Å². The molecule has 1 aromatic carbocycles. The summed E-state index contributed by atoms with van der Waals surface area (Å²) in [6.07, 6.45) is 0.788. The Morgan fingerprint density at radius 2 is 2.00 bits per heavy atom. The van der Waals surface area contributed by atoms with Crippen LogP contribution >= 0.6 is 0 Å². The predicted molar refractivity (Wildman–Crippen MR) is 53.5 cm³/mol. The summed E-state index contributed by atoms with van der Waals surface area (Å²) in [6.45, 7) is 5.90. The Labute approximate surface area is 79.2 Å². The van der Waals surface area contributed by atoms with Gasteiger partial charge in [-0.1, -0.05) is 6.92 Å². The van der Waals surface area contributed by atoms with Gasteiger partial charge in [-0.2, -0.15) is 0 Å². The zero-order valence-electron chi connectivity index (χ0n) is 8.64. The summed E-state index contributed by atoms with van der Waals surface area (Å²) in [6, 6.07) is 1.97. The van der Waals surface area contributed by atoms with Crippen LogP contribution in [0.5, 0.6) is 11.5 Å². The van der Waals surface area contributed by atoms with Gasteiger partial charge in [0.05, 0.1) is 7.11 Å². The first-order chi connectivity index (χ1) is 6.11. The molecule has 1 aromatic rings. The SMILES string of the molecule is CCc1c(OC)cc(C)c(C)c1O. The van der Waals surface area contributed by atoms with E-state index in [1.165, 1.54) is 0 Å². The number of benzene rings is 1. The molecular formula is C11H16O2. The number of ether oxygens (including phenoxy) is 1. The molecule has 0 aliphatic rings. The highest BCUT2D eigenvalue weighted by atomic mass is 16.5. The van der Waals surface area contributed by atoms with E-state index in [0.29, 0.717) is 5.75 Å². The van der Waals surface area contributed by atoms with E-state index in [4.69, 9.17) is 4.74 Å². The Bertz CT molecular complexity index is 316. The molecule has 0 unspecified atom stereocenters. The lowest BCUT2D eigenvalue weighted by Gasteiger charge is -2.13. The van der Waals surface area contributed by atoms with Crippen LogP contribution in [0, 0.1) is 13.8 Å². The van der Waals surface area contributed by atoms with E-state index < -0.39 is 0 Å². The minimum absolute atomic E-state index is 0.374. The number of methoxy groups -OCH3 is 1. The molecule has 2 nitrogen and oxygen atoms in total. The second-order valence-corrected chi connectivity index (χ2v) is 3.20. The number of rotatable bonds is 2. The summed E-state index contributed by atoms with van der Waals surface area (Å²) in [7, 11) is 1.63. The quantitative estimate of drug-likeness (QED) is 0.758. The van der Waals surface area contributed by atoms with Gasteiger partial charge in [0.1, 0.15) is 11.5 Å². The maximum atomic E-state index is 9.81. The van der Waals surface area contributed by atoms with Crippen LogP contribution in [0.25, 0.3) is 0 Å². The van der Waals surface area contributed by atoms with E-state index in [-0.39, 0.29) is 0 Å². The summed E-state index contributed by atoms with van der Waals surface area (Å²) in [5.41, 5.74) is 2.90. The number of phenolic OH excluding ortho intramolecular Hbond substituents is 1. The molecule has 0 aliphatic carbocycles. The Balaban J connectivity index is 3.39. The summed E-state index contributed by atoms with van der Waals surface area (Å²) in [5.74, 6) is 1.16. The Morgan fingerprint density at radius 3 is 2.46 bits per heavy atom. The molecule has 0 atom stereocenters. The first kappa shape index (κ1) is 9.90. The number of aryl methyl sites for hydroxylation is 1. The third-order valence-corrected chi connectivity index (χ3v) is 2.45. The molecule has 0 spiro atoms. The Kier molecular flexibility index (Phi) is 2.81. The van der Waals surface area contributed by atoms with Crippen molar-refractivity contribution in [2.24, 2.45) is 0 Å². The molecule has 0 fully saturated rings. The van der Waals surface area contributed by atoms with Crippen LogP contribution in [-0.2, 0) is 6.42 Å². The molecule has 72 valence electrons. The van der Waals surface area contributed by atoms with Gasteiger partial charge in [0.2, 0.25) is 0 Å². The van der Waals surface area contributed by atoms with Gasteiger partial charge in [-0.3, -0.25) is 0 Å². The average Bonchev–Trinajstić information content (AvgIpc) is 2.13. The first-order valence-electron chi connectivity index (χ1n) is 4.47. The van der Waals surface area contributed by atoms with E-state index in [2.05, 4.69) is 0 Å². The lowest BCUT2D eigenvalue weighted by atomic mass is 10.0. The van der Waals surface area contributed by atoms with Crippen molar-refractivity contribution in [1.29, 1.82) is 0 Å². The van der Waals surface area contributed by atoms with Gasteiger partial charge < -0.3 is 9.84 Å². The summed E-state index contributed by atoms with van der Waals surface area (Å²) in [4.78, 5) is 0. The molecule has 13 heavy (non-hydrogen) atoms. The molecular weight excluding hydrogens is 164 g/mol. The smallest absolute Gasteiger partial charge is 0.126 e. The minimum Gasteiger partial charge on any atom is -0.507 e. The van der Waals surface area contributed by atoms with Crippen LogP contribution in [0.2, 0.25) is 0 Å². The number of aromatic hydroxyl groups is 1. The summed E-state index contributed by atoms with van der Waals surface area (Å²) < 4.78 is 5.19. The number of hydrogen-bond acceptors (Lipinski definition) is 2. The third-order valence-electron chi connectivity index (χ3n) is 2.45. The lowest BCUT2D eigenvalue weighted by molar-refractivity contribution is 0.399. The second kappa shape index (κ2) is 3.69. The molecule has 0 radical (unpaired) electrons. The number of hydrogen-bond donors (Lipinski definition) is 1. The maximum absolute atomic E-state index is 9.81. The van der Waals surface area contributed by atoms with Crippen molar-refractivity contribution < 1.29 is 9.84 Å². The van der Waals surface area contributed by atoms with E-state index in [9.17, 15) is 5.11 Å². The summed E-state index contributed by atoms with van der Waals surface area (Å²) in [5, 5.41) is 9.81. The normalized spacial score (nSPS) is 10.2. The molecule has 0 saturated carbocycles. The molecule has 1 rings (SSSR count). The van der Waals surface area contributed by atoms with E-state index in [1.807, 2.05) is 26.8 Å². The van der Waals surface area contributed by atoms with Crippen LogP contribution in [0.15, 0.2) is 6.07 Å². The van der Waals surface area contributed by atoms with Gasteiger partial charge in [0.15, 0.2) is 0 Å². The fraction of sp³-hybridized carbons (Fsp3) is 0.455.